The van der Waals surface area contributed by atoms with Crippen LogP contribution in [0.4, 0.5) is 0 Å². The maximum absolute atomic E-state index is 9.21. The fourth-order valence-corrected chi connectivity index (χ4v) is 1.68. The molecule has 0 radical (unpaired) electrons. The smallest absolute Gasteiger partial charge is 0.0660 e. The van der Waals surface area contributed by atoms with Crippen molar-refractivity contribution >= 4 is 5.71 Å². The molecule has 0 rings (SSSR count). The Morgan fingerprint density at radius 3 is 2.06 bits per heavy atom. The molecule has 0 amide bonds. The molecule has 0 spiro atoms. The van der Waals surface area contributed by atoms with Gasteiger partial charge in [-0.1, -0.05) is 51.4 Å². The fraction of sp³-hybridized carbons (Fsp3) is 0.786. The first kappa shape index (κ1) is 15.2. The minimum atomic E-state index is -0.0519. The quantitative estimate of drug-likeness (QED) is 0.318. The molecule has 0 aromatic heterocycles. The molecule has 0 aliphatic rings. The van der Waals surface area contributed by atoms with Crippen LogP contribution in [-0.4, -0.2) is 10.9 Å². The average molecular weight is 225 g/mol. The van der Waals surface area contributed by atoms with E-state index in [1.807, 2.05) is 0 Å². The van der Waals surface area contributed by atoms with Crippen LogP contribution in [0.1, 0.15) is 54.9 Å². The molecular weight excluding hydrogens is 198 g/mol. The summed E-state index contributed by atoms with van der Waals surface area (Å²) in [7, 11) is 0. The number of allylic oxidation sites excluding steroid dienone is 2. The Kier molecular flexibility index (Phi) is 5.77. The highest BCUT2D eigenvalue weighted by molar-refractivity contribution is 5.91. The van der Waals surface area contributed by atoms with Gasteiger partial charge in [-0.3, -0.25) is 0 Å². The van der Waals surface area contributed by atoms with Crippen molar-refractivity contribution in [2.75, 3.05) is 0 Å². The molecule has 1 unspecified atom stereocenters. The molecule has 0 heterocycles. The monoisotopic (exact) mass is 225 g/mol. The molecular formula is C14H27NO. The summed E-state index contributed by atoms with van der Waals surface area (Å²) in [4.78, 5) is 0. The van der Waals surface area contributed by atoms with E-state index in [1.54, 1.807) is 0 Å². The van der Waals surface area contributed by atoms with Crippen molar-refractivity contribution in [3.05, 3.63) is 11.6 Å². The van der Waals surface area contributed by atoms with Gasteiger partial charge in [0.15, 0.2) is 0 Å². The number of rotatable bonds is 5. The molecule has 0 bridgehead atoms. The van der Waals surface area contributed by atoms with Crippen LogP contribution >= 0.6 is 0 Å². The Balaban J connectivity index is 4.83. The lowest BCUT2D eigenvalue weighted by Gasteiger charge is -2.33. The van der Waals surface area contributed by atoms with E-state index in [9.17, 15) is 5.21 Å². The van der Waals surface area contributed by atoms with E-state index in [4.69, 9.17) is 0 Å². The topological polar surface area (TPSA) is 32.6 Å². The molecule has 2 nitrogen and oxygen atoms in total. The summed E-state index contributed by atoms with van der Waals surface area (Å²) >= 11 is 0. The summed E-state index contributed by atoms with van der Waals surface area (Å²) in [6.07, 6.45) is 3.14. The highest BCUT2D eigenvalue weighted by Gasteiger charge is 2.32. The zero-order chi connectivity index (χ0) is 12.9. The third-order valence-electron chi connectivity index (χ3n) is 3.56. The predicted molar refractivity (Wildman–Crippen MR) is 71.1 cm³/mol. The van der Waals surface area contributed by atoms with Gasteiger partial charge in [-0.05, 0) is 26.2 Å². The summed E-state index contributed by atoms with van der Waals surface area (Å²) in [5, 5.41) is 12.8. The van der Waals surface area contributed by atoms with Crippen LogP contribution < -0.4 is 0 Å². The summed E-state index contributed by atoms with van der Waals surface area (Å²) < 4.78 is 0. The molecule has 0 saturated carbocycles. The van der Waals surface area contributed by atoms with E-state index >= 15 is 0 Å². The molecule has 0 aromatic rings. The summed E-state index contributed by atoms with van der Waals surface area (Å²) in [6.45, 7) is 14.9. The van der Waals surface area contributed by atoms with Gasteiger partial charge in [-0.25, -0.2) is 0 Å². The first-order valence-corrected chi connectivity index (χ1v) is 6.09. The van der Waals surface area contributed by atoms with Gasteiger partial charge in [-0.2, -0.15) is 0 Å². The number of nitrogens with zero attached hydrogens (tertiary/aromatic N) is 1. The molecule has 0 aliphatic carbocycles. The summed E-state index contributed by atoms with van der Waals surface area (Å²) in [5.41, 5.74) is 2.16. The molecule has 0 aliphatic heterocycles. The minimum Gasteiger partial charge on any atom is -0.411 e. The number of hydrogen-bond donors (Lipinski definition) is 1. The Morgan fingerprint density at radius 2 is 1.75 bits per heavy atom. The predicted octanol–water partition coefficient (Wildman–Crippen LogP) is 4.49. The highest BCUT2D eigenvalue weighted by atomic mass is 16.4. The lowest BCUT2D eigenvalue weighted by Crippen LogP contribution is -2.34. The molecule has 2 heteroatoms. The van der Waals surface area contributed by atoms with Crippen LogP contribution in [0.25, 0.3) is 0 Å². The molecule has 94 valence electrons. The van der Waals surface area contributed by atoms with Gasteiger partial charge in [0.25, 0.3) is 0 Å². The van der Waals surface area contributed by atoms with E-state index < -0.39 is 0 Å². The largest absolute Gasteiger partial charge is 0.411 e. The fourth-order valence-electron chi connectivity index (χ4n) is 1.68. The van der Waals surface area contributed by atoms with Gasteiger partial charge in [0.2, 0.25) is 0 Å². The van der Waals surface area contributed by atoms with Crippen molar-refractivity contribution < 1.29 is 5.21 Å². The maximum Gasteiger partial charge on any atom is 0.0660 e. The Morgan fingerprint density at radius 1 is 1.25 bits per heavy atom. The van der Waals surface area contributed by atoms with Crippen LogP contribution in [0, 0.1) is 17.3 Å². The molecule has 1 N–H and O–H groups in total. The van der Waals surface area contributed by atoms with Crippen LogP contribution in [0.15, 0.2) is 16.8 Å². The first-order valence-electron chi connectivity index (χ1n) is 6.09. The van der Waals surface area contributed by atoms with Crippen molar-refractivity contribution in [1.82, 2.24) is 0 Å². The van der Waals surface area contributed by atoms with Crippen molar-refractivity contribution in [2.45, 2.75) is 54.9 Å². The Bertz CT molecular complexity index is 270. The second kappa shape index (κ2) is 6.07. The van der Waals surface area contributed by atoms with E-state index in [-0.39, 0.29) is 11.3 Å². The molecule has 1 atom stereocenters. The van der Waals surface area contributed by atoms with Crippen LogP contribution in [0.5, 0.6) is 0 Å². The van der Waals surface area contributed by atoms with E-state index in [2.05, 4.69) is 59.7 Å². The van der Waals surface area contributed by atoms with Gasteiger partial charge in [-0.15, -0.1) is 0 Å². The Hall–Kier alpha value is -0.790. The van der Waals surface area contributed by atoms with Gasteiger partial charge in [0, 0.05) is 11.3 Å². The van der Waals surface area contributed by atoms with Crippen LogP contribution in [-0.2, 0) is 0 Å². The molecule has 0 saturated heterocycles. The van der Waals surface area contributed by atoms with Gasteiger partial charge in [0.1, 0.15) is 0 Å². The van der Waals surface area contributed by atoms with Crippen LogP contribution in [0.3, 0.4) is 0 Å². The van der Waals surface area contributed by atoms with Crippen LogP contribution in [0.2, 0.25) is 0 Å². The molecule has 16 heavy (non-hydrogen) atoms. The van der Waals surface area contributed by atoms with E-state index in [0.717, 1.165) is 12.1 Å². The number of oxime groups is 1. The third-order valence-corrected chi connectivity index (χ3v) is 3.56. The average Bonchev–Trinajstić information content (AvgIpc) is 2.15. The van der Waals surface area contributed by atoms with E-state index in [0.29, 0.717) is 5.92 Å². The molecule has 0 aromatic carbocycles. The SMILES string of the molecule is CC(C)=CCC(C)/C(=N\O)C(C)(C)C(C)C. The van der Waals surface area contributed by atoms with Crippen molar-refractivity contribution in [1.29, 1.82) is 0 Å². The second-order valence-corrected chi connectivity index (χ2v) is 5.78. The zero-order valence-corrected chi connectivity index (χ0v) is 11.8. The van der Waals surface area contributed by atoms with Gasteiger partial charge >= 0.3 is 0 Å². The van der Waals surface area contributed by atoms with E-state index in [1.165, 1.54) is 5.57 Å². The highest BCUT2D eigenvalue weighted by Crippen LogP contribution is 2.32. The number of hydrogen-bond acceptors (Lipinski definition) is 2. The summed E-state index contributed by atoms with van der Waals surface area (Å²) in [6, 6.07) is 0. The van der Waals surface area contributed by atoms with Crippen molar-refractivity contribution in [3.8, 4) is 0 Å². The van der Waals surface area contributed by atoms with Crippen molar-refractivity contribution in [3.63, 3.8) is 0 Å². The Labute approximate surface area is 100 Å². The lowest BCUT2D eigenvalue weighted by molar-refractivity contribution is 0.282. The van der Waals surface area contributed by atoms with Gasteiger partial charge < -0.3 is 5.21 Å². The lowest BCUT2D eigenvalue weighted by atomic mass is 9.72. The zero-order valence-electron chi connectivity index (χ0n) is 11.8. The molecule has 0 fully saturated rings. The second-order valence-electron chi connectivity index (χ2n) is 5.78. The van der Waals surface area contributed by atoms with Gasteiger partial charge in [0.05, 0.1) is 5.71 Å². The third kappa shape index (κ3) is 3.99. The normalized spacial score (nSPS) is 15.1. The standard InChI is InChI=1S/C14H27NO/c1-10(2)8-9-12(5)13(15-16)14(6,7)11(3)4/h8,11-12,16H,9H2,1-7H3/b15-13+. The van der Waals surface area contributed by atoms with Crippen molar-refractivity contribution in [2.24, 2.45) is 22.4 Å². The minimum absolute atomic E-state index is 0.0519. The maximum atomic E-state index is 9.21. The summed E-state index contributed by atoms with van der Waals surface area (Å²) in [5.74, 6) is 0.754. The first-order chi connectivity index (χ1) is 7.23.